The fourth-order valence-corrected chi connectivity index (χ4v) is 9.72. The minimum absolute atomic E-state index is 0.0330. The average Bonchev–Trinajstić information content (AvgIpc) is 3.99. The number of nitrogens with zero attached hydrogens (tertiary/aromatic N) is 13. The summed E-state index contributed by atoms with van der Waals surface area (Å²) in [6.07, 6.45) is 2.57. The first kappa shape index (κ1) is 49.7. The Balaban J connectivity index is 0.797. The number of imidazole rings is 1. The number of fused-ring (bicyclic) bond motifs is 3. The zero-order chi connectivity index (χ0) is 52.3. The molecule has 2 fully saturated rings. The van der Waals surface area contributed by atoms with Crippen molar-refractivity contribution in [1.29, 1.82) is 0 Å². The molecule has 2 aliphatic heterocycles. The number of phenols is 1. The number of rotatable bonds is 11. The van der Waals surface area contributed by atoms with E-state index in [0.29, 0.717) is 63.4 Å². The van der Waals surface area contributed by atoms with Crippen molar-refractivity contribution in [2.24, 2.45) is 0 Å². The molecule has 20 nitrogen and oxygen atoms in total. The molecule has 2 aromatic carbocycles. The van der Waals surface area contributed by atoms with Crippen LogP contribution in [0.3, 0.4) is 0 Å². The van der Waals surface area contributed by atoms with E-state index < -0.39 is 58.2 Å². The Morgan fingerprint density at radius 1 is 0.986 bits per heavy atom. The highest BCUT2D eigenvalue weighted by molar-refractivity contribution is 9.10. The van der Waals surface area contributed by atoms with Crippen LogP contribution in [0.15, 0.2) is 76.3 Å². The van der Waals surface area contributed by atoms with Crippen LogP contribution >= 0.6 is 27.5 Å². The van der Waals surface area contributed by atoms with Crippen molar-refractivity contribution in [3.8, 4) is 22.7 Å². The number of anilines is 3. The maximum Gasteiger partial charge on any atom is 0.410 e. The third-order valence-corrected chi connectivity index (χ3v) is 13.8. The number of H-pyrrole nitrogens is 1. The Labute approximate surface area is 432 Å². The number of aromatic nitrogens is 10. The second kappa shape index (κ2) is 19.9. The van der Waals surface area contributed by atoms with Gasteiger partial charge in [-0.05, 0) is 77.7 Å². The number of amides is 2. The number of benzene rings is 2. The van der Waals surface area contributed by atoms with E-state index in [1.54, 1.807) is 41.2 Å². The van der Waals surface area contributed by atoms with Crippen molar-refractivity contribution in [3.05, 3.63) is 122 Å². The maximum atomic E-state index is 16.3. The van der Waals surface area contributed by atoms with Crippen LogP contribution < -0.4 is 20.8 Å². The third kappa shape index (κ3) is 9.15. The van der Waals surface area contributed by atoms with Gasteiger partial charge in [-0.1, -0.05) is 38.1 Å². The van der Waals surface area contributed by atoms with E-state index in [4.69, 9.17) is 26.3 Å². The number of hydrogen-bond donors (Lipinski definition) is 3. The summed E-state index contributed by atoms with van der Waals surface area (Å²) in [5.74, 6) is -2.39. The first-order chi connectivity index (χ1) is 35.5. The predicted octanol–water partition coefficient (Wildman–Crippen LogP) is 7.29. The Bertz CT molecular complexity index is 3620. The van der Waals surface area contributed by atoms with Gasteiger partial charge in [0.1, 0.15) is 41.0 Å². The molecular formula is C49H46BrClF3N15O5. The van der Waals surface area contributed by atoms with Gasteiger partial charge in [-0.25, -0.2) is 37.3 Å². The Morgan fingerprint density at radius 3 is 2.50 bits per heavy atom. The van der Waals surface area contributed by atoms with E-state index in [0.717, 1.165) is 12.1 Å². The van der Waals surface area contributed by atoms with Crippen LogP contribution in [0, 0.1) is 24.4 Å². The number of carbonyl (C=O) groups excluding carboxylic acids is 2. The molecule has 6 aromatic heterocycles. The van der Waals surface area contributed by atoms with Gasteiger partial charge in [0, 0.05) is 63.6 Å². The summed E-state index contributed by atoms with van der Waals surface area (Å²) in [4.78, 5) is 78.7. The molecule has 0 bridgehead atoms. The van der Waals surface area contributed by atoms with Crippen molar-refractivity contribution < 1.29 is 32.6 Å². The van der Waals surface area contributed by atoms with Crippen LogP contribution in [-0.4, -0.2) is 134 Å². The van der Waals surface area contributed by atoms with Gasteiger partial charge < -0.3 is 39.7 Å². The first-order valence-corrected chi connectivity index (χ1v) is 24.6. The molecule has 0 aliphatic carbocycles. The minimum Gasteiger partial charge on any atom is -0.507 e. The van der Waals surface area contributed by atoms with Crippen molar-refractivity contribution in [2.45, 2.75) is 46.2 Å². The van der Waals surface area contributed by atoms with Crippen LogP contribution in [-0.2, 0) is 16.1 Å². The second-order valence-corrected chi connectivity index (χ2v) is 19.5. The fourth-order valence-electron chi connectivity index (χ4n) is 9.22. The first-order valence-electron chi connectivity index (χ1n) is 23.4. The lowest BCUT2D eigenvalue weighted by atomic mass is 10.0. The van der Waals surface area contributed by atoms with Gasteiger partial charge >= 0.3 is 11.8 Å². The Morgan fingerprint density at radius 2 is 1.76 bits per heavy atom. The van der Waals surface area contributed by atoms with E-state index in [9.17, 15) is 23.9 Å². The van der Waals surface area contributed by atoms with Gasteiger partial charge in [0.05, 0.1) is 50.1 Å². The van der Waals surface area contributed by atoms with Gasteiger partial charge in [0.2, 0.25) is 11.9 Å². The highest BCUT2D eigenvalue weighted by atomic mass is 79.9. The topological polar surface area (TPSA) is 221 Å². The molecule has 382 valence electrons. The number of phenolic OH excluding ortho intramolecular Hbond substituents is 1. The largest absolute Gasteiger partial charge is 0.507 e. The highest BCUT2D eigenvalue weighted by Gasteiger charge is 2.33. The molecule has 0 radical (unpaired) electrons. The smallest absolute Gasteiger partial charge is 0.410 e. The van der Waals surface area contributed by atoms with E-state index >= 15 is 8.78 Å². The summed E-state index contributed by atoms with van der Waals surface area (Å²) in [7, 11) is 0. The van der Waals surface area contributed by atoms with Crippen LogP contribution in [0.25, 0.3) is 44.7 Å². The molecule has 8 aromatic rings. The molecule has 2 saturated heterocycles. The quantitative estimate of drug-likeness (QED) is 0.108. The zero-order valence-electron chi connectivity index (χ0n) is 40.2. The van der Waals surface area contributed by atoms with Crippen LogP contribution in [0.5, 0.6) is 5.75 Å². The van der Waals surface area contributed by atoms with Gasteiger partial charge in [0.25, 0.3) is 5.91 Å². The number of halogens is 5. The van der Waals surface area contributed by atoms with Gasteiger partial charge in [-0.3, -0.25) is 9.78 Å². The van der Waals surface area contributed by atoms with Crippen LogP contribution in [0.4, 0.5) is 35.7 Å². The number of hydrogen-bond acceptors (Lipinski definition) is 15. The predicted molar refractivity (Wildman–Crippen MR) is 273 cm³/mol. The molecule has 2 amide bonds. The summed E-state index contributed by atoms with van der Waals surface area (Å²) in [5, 5.41) is 18.3. The lowest BCUT2D eigenvalue weighted by Crippen LogP contribution is -2.55. The molecule has 3 N–H and O–H groups in total. The summed E-state index contributed by atoms with van der Waals surface area (Å²) in [6, 6.07) is 9.03. The minimum atomic E-state index is -0.964. The summed E-state index contributed by atoms with van der Waals surface area (Å²) in [6.45, 7) is 12.8. The van der Waals surface area contributed by atoms with E-state index in [-0.39, 0.29) is 84.8 Å². The summed E-state index contributed by atoms with van der Waals surface area (Å²) in [5.41, 5.74) is 0.972. The highest BCUT2D eigenvalue weighted by Crippen LogP contribution is 2.37. The zero-order valence-corrected chi connectivity index (χ0v) is 42.5. The number of nitrogens with one attached hydrogen (secondary N) is 2. The molecule has 1 atom stereocenters. The number of piperazine rings is 2. The standard InChI is InChI=1S/C49H46BrClF3N15O5/c1-24(2)38-41(25(3)11-12-55-38)68-43-28(19-32(53)39(60-43)36-31(52)7-6-8-34(36)70)42(62-48(68)72)67-18-17-66(22-27(67)5)45(71)26(4)23-74-49(73)65-15-13-64(14-16-65)47-61-44-29(50)20-57-69(44)46(63-47)56-21-35-58-33-10-9-30(51)37(54)40(33)59-35/h6-12,19-20,24,27,70H,4,13-18,21-23H2,1-3,5H3,(H,58,59)(H,56,61,63)/t27-/m0/s1. The summed E-state index contributed by atoms with van der Waals surface area (Å²) < 4.78 is 55.1. The van der Waals surface area contributed by atoms with Crippen LogP contribution in [0.1, 0.15) is 43.8 Å². The van der Waals surface area contributed by atoms with Crippen molar-refractivity contribution in [1.82, 2.24) is 58.9 Å². The number of aromatic amines is 1. The molecule has 8 heterocycles. The van der Waals surface area contributed by atoms with E-state index in [1.165, 1.54) is 32.2 Å². The number of aryl methyl sites for hydroxylation is 1. The Kier molecular flexibility index (Phi) is 13.3. The normalized spacial score (nSPS) is 15.2. The number of pyridine rings is 2. The average molecular weight is 1100 g/mol. The lowest BCUT2D eigenvalue weighted by Gasteiger charge is -2.41. The maximum absolute atomic E-state index is 16.3. The molecule has 10 rings (SSSR count). The molecule has 0 saturated carbocycles. The second-order valence-electron chi connectivity index (χ2n) is 18.2. The van der Waals surface area contributed by atoms with Gasteiger partial charge in [0.15, 0.2) is 22.9 Å². The van der Waals surface area contributed by atoms with Gasteiger partial charge in [-0.2, -0.15) is 24.6 Å². The van der Waals surface area contributed by atoms with Crippen molar-refractivity contribution in [3.63, 3.8) is 0 Å². The number of carbonyl (C=O) groups is 2. The molecule has 0 unspecified atom stereocenters. The molecule has 0 spiro atoms. The lowest BCUT2D eigenvalue weighted by molar-refractivity contribution is -0.128. The molecule has 25 heteroatoms. The molecule has 74 heavy (non-hydrogen) atoms. The Hall–Kier alpha value is -7.86. The molecule has 2 aliphatic rings. The SMILES string of the molecule is C=C(COC(=O)N1CCN(c2nc(NCc3nc4c(F)c(Cl)ccc4[nH]3)n3ncc(Br)c3n2)CC1)C(=O)N1CCN(c2nc(=O)n(-c3c(C)ccnc3C(C)C)c3nc(-c4c(O)cccc4F)c(F)cc23)[C@@H](C)C1. The number of ether oxygens (including phenoxy) is 1. The van der Waals surface area contributed by atoms with E-state index in [2.05, 4.69) is 57.8 Å². The summed E-state index contributed by atoms with van der Waals surface area (Å²) >= 11 is 9.45. The van der Waals surface area contributed by atoms with Crippen molar-refractivity contribution in [2.75, 3.05) is 67.5 Å². The third-order valence-electron chi connectivity index (χ3n) is 13.0. The fraction of sp³-hybridized carbons (Fsp3) is 0.306. The number of aromatic hydroxyl groups is 1. The molecular weight excluding hydrogens is 1050 g/mol. The van der Waals surface area contributed by atoms with Crippen LogP contribution in [0.2, 0.25) is 5.02 Å². The van der Waals surface area contributed by atoms with Crippen molar-refractivity contribution >= 4 is 85.0 Å². The van der Waals surface area contributed by atoms with Gasteiger partial charge in [-0.15, -0.1) is 0 Å². The monoisotopic (exact) mass is 1100 g/mol. The van der Waals surface area contributed by atoms with E-state index in [1.807, 2.05) is 25.7 Å².